The molecule has 0 radical (unpaired) electrons. The Hall–Kier alpha value is -7.80. The fourth-order valence-electron chi connectivity index (χ4n) is 38.5. The summed E-state index contributed by atoms with van der Waals surface area (Å²) in [6.45, 7) is 5.92. The van der Waals surface area contributed by atoms with E-state index >= 15 is 0 Å². The molecule has 42 rings (SSSR count). The van der Waals surface area contributed by atoms with Crippen LogP contribution in [0.25, 0.3) is 291 Å². The molecule has 384 valence electrons. The van der Waals surface area contributed by atoms with Gasteiger partial charge in [-0.15, -0.1) is 0 Å². The molecule has 6 bridgehead atoms. The molecule has 28 aromatic rings. The Morgan fingerprint density at radius 2 is 0.494 bits per heavy atom. The van der Waals surface area contributed by atoms with Crippen LogP contribution in [0, 0.1) is 81.8 Å². The standard InChI is InChI=1S/C87H36/c1-84-76-13-3-4-14(8-13)77(76)85(84,2)79-18-9-17(78(79)84)20-12-5-6-16(21(18)20)19-11-87-82-72-62-52-42-34-26-23-22-24-28-30(26)38-44-36(28)46-40-32(24)33-25(22)29-31-27(23)35(34)43-49-39(31)45-37(29)47-41(33)51-50(40)60-54(46)64-58(44)66(56(62)48(38)42)74(82)70(64)80-68(60)69-61(51)55(47)65-59(45)67-57(49)63(53(43)52)73(72)83(87)75(67)71(65)81(69)86(80,87)10-15(19)7-12/h12-14,16-18,20-21,76-79H,3-11H2,1-2H3/t12-,13-,14+,16+,17-,18+,20+,21-,76+,77-,78-,79+,84+,85-,86?,87?/m1/s1. The summed E-state index contributed by atoms with van der Waals surface area (Å²) in [5, 5.41) is 94.4. The van der Waals surface area contributed by atoms with Gasteiger partial charge in [-0.3, -0.25) is 0 Å². The molecule has 0 heterocycles. The second kappa shape index (κ2) is 8.01. The highest BCUT2D eigenvalue weighted by Gasteiger charge is 2.90. The van der Waals surface area contributed by atoms with Crippen LogP contribution in [-0.4, -0.2) is 0 Å². The predicted molar refractivity (Wildman–Crippen MR) is 361 cm³/mol. The van der Waals surface area contributed by atoms with Gasteiger partial charge in [-0.2, -0.15) is 0 Å². The van der Waals surface area contributed by atoms with Gasteiger partial charge in [0.05, 0.1) is 0 Å². The lowest BCUT2D eigenvalue weighted by atomic mass is 9.19. The molecule has 0 amide bonds. The number of rotatable bonds is 0. The Kier molecular flexibility index (Phi) is 3.19. The van der Waals surface area contributed by atoms with E-state index in [4.69, 9.17) is 0 Å². The molecule has 7 saturated carbocycles. The van der Waals surface area contributed by atoms with Gasteiger partial charge >= 0.3 is 0 Å². The summed E-state index contributed by atoms with van der Waals surface area (Å²) in [6.07, 6.45) is 13.4. The van der Waals surface area contributed by atoms with Crippen molar-refractivity contribution in [3.05, 3.63) is 33.4 Å². The third-order valence-corrected chi connectivity index (χ3v) is 38.0. The average Bonchev–Trinajstić information content (AvgIpc) is 1.38. The van der Waals surface area contributed by atoms with E-state index in [1.54, 1.807) is 273 Å². The zero-order valence-corrected chi connectivity index (χ0v) is 47.3. The monoisotopic (exact) mass is 1080 g/mol. The summed E-state index contributed by atoms with van der Waals surface area (Å²) in [6, 6.07) is 0. The highest BCUT2D eigenvalue weighted by molar-refractivity contribution is 6.82. The Bertz CT molecular complexity index is 8060. The van der Waals surface area contributed by atoms with Gasteiger partial charge in [-0.1, -0.05) is 25.0 Å². The SMILES string of the molecule is C[C@]12[C@@H]3[C@@H]4C[C@@H]([C@@H]5[C@H]4[C@@H]4CC[C@H]5C5=C(C4)CC46c7c8c9c%10c%11c%12c(c%13c%14c4c4c7c7c%15c8c8c9c9c%11c%11c%16c%12c%12c%13c%13c%14c%14c4c4c7c7c%15c%15c8c8c9c%11c9c%11c%16c%12c%12c%13c%13c%14c4c4c7c7c%15c8c9c8c%11c%12c%13c4c78)C%106C5)[C@@H]3[C@@]1(C)[C@@H]1[C@H]3CC[C@H](C3)[C@@H]12. The highest BCUT2D eigenvalue weighted by Crippen LogP contribution is 2.95. The number of benzene rings is 18. The summed E-state index contributed by atoms with van der Waals surface area (Å²) >= 11 is 0. The lowest BCUT2D eigenvalue weighted by Gasteiger charge is -2.85. The van der Waals surface area contributed by atoms with Crippen molar-refractivity contribution in [1.29, 1.82) is 0 Å². The highest BCUT2D eigenvalue weighted by atomic mass is 14.9. The molecule has 87 heavy (non-hydrogen) atoms. The molecule has 14 aliphatic rings. The van der Waals surface area contributed by atoms with Crippen molar-refractivity contribution in [2.24, 2.45) is 81.8 Å². The van der Waals surface area contributed by atoms with Crippen LogP contribution in [0.1, 0.15) is 93.9 Å². The fraction of sp³-hybridized carbons (Fsp3) is 0.310. The first-order valence-corrected chi connectivity index (χ1v) is 35.6. The largest absolute Gasteiger partial charge is 0.0691 e. The van der Waals surface area contributed by atoms with E-state index in [9.17, 15) is 0 Å². The summed E-state index contributed by atoms with van der Waals surface area (Å²) < 4.78 is 0. The zero-order valence-electron chi connectivity index (χ0n) is 47.3. The lowest BCUT2D eigenvalue weighted by Crippen LogP contribution is -2.81. The van der Waals surface area contributed by atoms with Gasteiger partial charge in [0.1, 0.15) is 0 Å². The first-order chi connectivity index (χ1) is 43.1. The van der Waals surface area contributed by atoms with E-state index in [0.717, 1.165) is 71.0 Å². The van der Waals surface area contributed by atoms with Crippen molar-refractivity contribution in [3.63, 3.8) is 0 Å². The summed E-state index contributed by atoms with van der Waals surface area (Å²) in [5.41, 5.74) is 12.9. The van der Waals surface area contributed by atoms with Crippen LogP contribution in [-0.2, 0) is 10.8 Å². The normalized spacial score (nSPS) is 39.1. The summed E-state index contributed by atoms with van der Waals surface area (Å²) in [5.74, 6) is 11.9. The van der Waals surface area contributed by atoms with E-state index < -0.39 is 0 Å². The van der Waals surface area contributed by atoms with Gasteiger partial charge in [-0.05, 0) is 453 Å². The second-order valence-corrected chi connectivity index (χ2v) is 36.9. The molecule has 14 atom stereocenters. The topological polar surface area (TPSA) is 0 Å². The molecular formula is C87H36. The maximum atomic E-state index is 2.97. The minimum absolute atomic E-state index is 0.120. The van der Waals surface area contributed by atoms with Crippen molar-refractivity contribution >= 4 is 291 Å². The Morgan fingerprint density at radius 1 is 0.241 bits per heavy atom. The summed E-state index contributed by atoms with van der Waals surface area (Å²) in [4.78, 5) is 0. The number of fused-ring (bicyclic) bond motifs is 16. The Morgan fingerprint density at radius 3 is 0.793 bits per heavy atom. The lowest BCUT2D eigenvalue weighted by molar-refractivity contribution is -0.385. The zero-order chi connectivity index (χ0) is 51.9. The molecule has 0 nitrogen and oxygen atoms in total. The molecule has 28 aromatic carbocycles. The molecule has 0 heteroatoms. The Labute approximate surface area is 485 Å². The fourth-order valence-corrected chi connectivity index (χ4v) is 38.5. The van der Waals surface area contributed by atoms with Gasteiger partial charge in [0, 0.05) is 10.8 Å². The maximum absolute atomic E-state index is 2.97. The second-order valence-electron chi connectivity index (χ2n) is 36.9. The molecule has 0 unspecified atom stereocenters. The van der Waals surface area contributed by atoms with Crippen molar-refractivity contribution in [2.45, 2.75) is 82.5 Å². The molecule has 0 aromatic heterocycles. The predicted octanol–water partition coefficient (Wildman–Crippen LogP) is 22.6. The van der Waals surface area contributed by atoms with Crippen LogP contribution in [0.15, 0.2) is 11.1 Å². The van der Waals surface area contributed by atoms with Crippen molar-refractivity contribution in [2.75, 3.05) is 0 Å². The third-order valence-electron chi connectivity index (χ3n) is 38.0. The van der Waals surface area contributed by atoms with Crippen molar-refractivity contribution in [1.82, 2.24) is 0 Å². The minimum atomic E-state index is -0.124. The average molecular weight is 1080 g/mol. The van der Waals surface area contributed by atoms with Crippen LogP contribution in [0.5, 0.6) is 0 Å². The summed E-state index contributed by atoms with van der Waals surface area (Å²) in [7, 11) is 0. The molecule has 0 aliphatic heterocycles. The Balaban J connectivity index is 0.812. The molecule has 0 saturated heterocycles. The first-order valence-electron chi connectivity index (χ1n) is 35.6. The third kappa shape index (κ3) is 1.95. The quantitative estimate of drug-likeness (QED) is 0.105. The van der Waals surface area contributed by atoms with E-state index in [0.29, 0.717) is 10.8 Å². The molecule has 2 spiro atoms. The van der Waals surface area contributed by atoms with Gasteiger partial charge in [0.25, 0.3) is 0 Å². The van der Waals surface area contributed by atoms with Gasteiger partial charge in [0.15, 0.2) is 0 Å². The molecule has 0 N–H and O–H groups in total. The van der Waals surface area contributed by atoms with Gasteiger partial charge in [0.2, 0.25) is 0 Å². The van der Waals surface area contributed by atoms with E-state index in [-0.39, 0.29) is 10.8 Å². The van der Waals surface area contributed by atoms with E-state index in [2.05, 4.69) is 25.0 Å². The first kappa shape index (κ1) is 34.7. The van der Waals surface area contributed by atoms with Crippen LogP contribution in [0.4, 0.5) is 0 Å². The minimum Gasteiger partial charge on any atom is -0.0691 e. The van der Waals surface area contributed by atoms with E-state index in [1.165, 1.54) is 32.1 Å². The van der Waals surface area contributed by atoms with E-state index in [1.807, 2.05) is 65.3 Å². The molecular weight excluding hydrogens is 1040 g/mol. The molecule has 7 fully saturated rings. The van der Waals surface area contributed by atoms with Crippen LogP contribution in [0.2, 0.25) is 0 Å². The van der Waals surface area contributed by atoms with Crippen LogP contribution < -0.4 is 0 Å². The van der Waals surface area contributed by atoms with Gasteiger partial charge in [-0.25, -0.2) is 0 Å². The molecule has 14 aliphatic carbocycles. The smallest absolute Gasteiger partial charge is 0.0406 e. The van der Waals surface area contributed by atoms with Crippen LogP contribution >= 0.6 is 0 Å². The van der Waals surface area contributed by atoms with Crippen molar-refractivity contribution < 1.29 is 0 Å². The number of allylic oxidation sites excluding steroid dienone is 2. The maximum Gasteiger partial charge on any atom is 0.0406 e. The van der Waals surface area contributed by atoms with Gasteiger partial charge < -0.3 is 0 Å². The van der Waals surface area contributed by atoms with Crippen LogP contribution in [0.3, 0.4) is 0 Å². The number of hydrogen-bond acceptors (Lipinski definition) is 0. The number of hydrogen-bond donors (Lipinski definition) is 0. The van der Waals surface area contributed by atoms with Crippen molar-refractivity contribution in [3.8, 4) is 0 Å².